The number of carbonyl (C=O) groups is 1. The predicted molar refractivity (Wildman–Crippen MR) is 113 cm³/mol. The molecule has 0 radical (unpaired) electrons. The molecule has 2 N–H and O–H groups in total. The first-order valence-corrected chi connectivity index (χ1v) is 10.1. The number of ether oxygens (including phenoxy) is 2. The van der Waals surface area contributed by atoms with Gasteiger partial charge >= 0.3 is 0 Å². The highest BCUT2D eigenvalue weighted by molar-refractivity contribution is 7.99. The number of benzene rings is 2. The SMILES string of the molecule is COc1ccc(OC)c(C(=O)CSc2nnc(C[C@@H](C)c3ccccc3)n2N)c1. The van der Waals surface area contributed by atoms with E-state index in [1.54, 1.807) is 25.3 Å². The zero-order valence-corrected chi connectivity index (χ0v) is 17.5. The molecule has 7 nitrogen and oxygen atoms in total. The van der Waals surface area contributed by atoms with Gasteiger partial charge in [0.05, 0.1) is 25.5 Å². The number of nitrogens with two attached hydrogens (primary N) is 1. The number of rotatable bonds is 9. The van der Waals surface area contributed by atoms with Crippen molar-refractivity contribution < 1.29 is 14.3 Å². The van der Waals surface area contributed by atoms with Crippen LogP contribution in [-0.4, -0.2) is 40.6 Å². The van der Waals surface area contributed by atoms with Crippen molar-refractivity contribution in [1.82, 2.24) is 14.9 Å². The summed E-state index contributed by atoms with van der Waals surface area (Å²) in [5.41, 5.74) is 1.67. The van der Waals surface area contributed by atoms with Gasteiger partial charge in [0.2, 0.25) is 5.16 Å². The Morgan fingerprint density at radius 3 is 2.59 bits per heavy atom. The number of nitrogen functional groups attached to an aromatic ring is 1. The van der Waals surface area contributed by atoms with Crippen molar-refractivity contribution in [1.29, 1.82) is 0 Å². The summed E-state index contributed by atoms with van der Waals surface area (Å²) in [6.45, 7) is 2.12. The van der Waals surface area contributed by atoms with Crippen molar-refractivity contribution in [2.45, 2.75) is 24.4 Å². The molecule has 0 saturated heterocycles. The minimum Gasteiger partial charge on any atom is -0.497 e. The summed E-state index contributed by atoms with van der Waals surface area (Å²) in [5.74, 6) is 8.25. The Kier molecular flexibility index (Phi) is 6.77. The molecule has 29 heavy (non-hydrogen) atoms. The molecule has 0 aliphatic carbocycles. The molecule has 0 aliphatic heterocycles. The fourth-order valence-corrected chi connectivity index (χ4v) is 3.72. The number of aromatic nitrogens is 3. The first-order valence-electron chi connectivity index (χ1n) is 9.15. The Labute approximate surface area is 174 Å². The second kappa shape index (κ2) is 9.47. The summed E-state index contributed by atoms with van der Waals surface area (Å²) in [6.07, 6.45) is 0.658. The molecule has 3 rings (SSSR count). The lowest BCUT2D eigenvalue weighted by molar-refractivity contribution is 0.101. The smallest absolute Gasteiger partial charge is 0.210 e. The fraction of sp³-hybridized carbons (Fsp3) is 0.286. The van der Waals surface area contributed by atoms with Gasteiger partial charge in [-0.2, -0.15) is 0 Å². The molecular formula is C21H24N4O3S. The maximum atomic E-state index is 12.7. The summed E-state index contributed by atoms with van der Waals surface area (Å²) in [7, 11) is 3.09. The van der Waals surface area contributed by atoms with Crippen LogP contribution in [0.2, 0.25) is 0 Å². The number of hydrogen-bond acceptors (Lipinski definition) is 7. The van der Waals surface area contributed by atoms with Crippen LogP contribution in [0.4, 0.5) is 0 Å². The average molecular weight is 413 g/mol. The normalized spacial score (nSPS) is 11.8. The van der Waals surface area contributed by atoms with Crippen LogP contribution in [0.15, 0.2) is 53.7 Å². The van der Waals surface area contributed by atoms with E-state index in [-0.39, 0.29) is 17.5 Å². The highest BCUT2D eigenvalue weighted by Gasteiger charge is 2.18. The van der Waals surface area contributed by atoms with Crippen molar-refractivity contribution in [2.24, 2.45) is 0 Å². The van der Waals surface area contributed by atoms with E-state index in [1.165, 1.54) is 29.1 Å². The van der Waals surface area contributed by atoms with Crippen LogP contribution in [0, 0.1) is 0 Å². The van der Waals surface area contributed by atoms with Crippen molar-refractivity contribution in [3.8, 4) is 11.5 Å². The summed E-state index contributed by atoms with van der Waals surface area (Å²) in [5, 5.41) is 8.85. The topological polar surface area (TPSA) is 92.3 Å². The van der Waals surface area contributed by atoms with Gasteiger partial charge in [-0.3, -0.25) is 4.79 Å². The average Bonchev–Trinajstić information content (AvgIpc) is 3.11. The standard InChI is InChI=1S/C21H24N4O3S/c1-14(15-7-5-4-6-8-15)11-20-23-24-21(25(20)22)29-13-18(26)17-12-16(27-2)9-10-19(17)28-3/h4-10,12,14H,11,13,22H2,1-3H3/t14-/m1/s1. The maximum absolute atomic E-state index is 12.7. The van der Waals surface area contributed by atoms with Gasteiger partial charge in [-0.1, -0.05) is 49.0 Å². The molecule has 0 amide bonds. The van der Waals surface area contributed by atoms with E-state index in [4.69, 9.17) is 15.3 Å². The van der Waals surface area contributed by atoms with Crippen molar-refractivity contribution in [3.63, 3.8) is 0 Å². The Bertz CT molecular complexity index is 975. The molecule has 0 saturated carbocycles. The lowest BCUT2D eigenvalue weighted by atomic mass is 9.98. The molecule has 8 heteroatoms. The molecule has 0 spiro atoms. The molecule has 2 aromatic carbocycles. The number of carbonyl (C=O) groups excluding carboxylic acids is 1. The third-order valence-electron chi connectivity index (χ3n) is 4.63. The van der Waals surface area contributed by atoms with Gasteiger partial charge in [0, 0.05) is 6.42 Å². The first kappa shape index (κ1) is 20.7. The van der Waals surface area contributed by atoms with Gasteiger partial charge in [-0.25, -0.2) is 4.68 Å². The molecule has 0 fully saturated rings. The van der Waals surface area contributed by atoms with Gasteiger partial charge in [0.1, 0.15) is 11.5 Å². The van der Waals surface area contributed by atoms with Crippen molar-refractivity contribution >= 4 is 17.5 Å². The zero-order chi connectivity index (χ0) is 20.8. The number of Topliss-reactive ketones (excluding diaryl/α,β-unsaturated/α-hetero) is 1. The zero-order valence-electron chi connectivity index (χ0n) is 16.7. The van der Waals surface area contributed by atoms with Gasteiger partial charge in [-0.15, -0.1) is 10.2 Å². The van der Waals surface area contributed by atoms with E-state index in [0.29, 0.717) is 34.5 Å². The van der Waals surface area contributed by atoms with E-state index in [0.717, 1.165) is 0 Å². The van der Waals surface area contributed by atoms with Gasteiger partial charge in [-0.05, 0) is 29.7 Å². The number of hydrogen-bond donors (Lipinski definition) is 1. The summed E-state index contributed by atoms with van der Waals surface area (Å²) >= 11 is 1.24. The molecular weight excluding hydrogens is 388 g/mol. The third-order valence-corrected chi connectivity index (χ3v) is 5.57. The molecule has 0 bridgehead atoms. The molecule has 0 unspecified atom stereocenters. The Morgan fingerprint density at radius 1 is 1.14 bits per heavy atom. The Balaban J connectivity index is 1.67. The van der Waals surface area contributed by atoms with E-state index in [2.05, 4.69) is 29.3 Å². The minimum atomic E-state index is -0.104. The number of nitrogens with zero attached hydrogens (tertiary/aromatic N) is 3. The largest absolute Gasteiger partial charge is 0.497 e. The fourth-order valence-electron chi connectivity index (χ4n) is 2.96. The van der Waals surface area contributed by atoms with Crippen molar-refractivity contribution in [2.75, 3.05) is 25.8 Å². The Hall–Kier alpha value is -3.00. The molecule has 152 valence electrons. The maximum Gasteiger partial charge on any atom is 0.210 e. The lowest BCUT2D eigenvalue weighted by Crippen LogP contribution is -2.16. The van der Waals surface area contributed by atoms with Crippen LogP contribution in [-0.2, 0) is 6.42 Å². The molecule has 3 aromatic rings. The van der Waals surface area contributed by atoms with Crippen molar-refractivity contribution in [3.05, 3.63) is 65.5 Å². The predicted octanol–water partition coefficient (Wildman–Crippen LogP) is 3.33. The first-order chi connectivity index (χ1) is 14.0. The highest BCUT2D eigenvalue weighted by atomic mass is 32.2. The van der Waals surface area contributed by atoms with Crippen LogP contribution in [0.3, 0.4) is 0 Å². The van der Waals surface area contributed by atoms with Gasteiger partial charge < -0.3 is 15.3 Å². The molecule has 0 aliphatic rings. The quantitative estimate of drug-likeness (QED) is 0.327. The van der Waals surface area contributed by atoms with Crippen LogP contribution < -0.4 is 15.3 Å². The molecule has 1 aromatic heterocycles. The Morgan fingerprint density at radius 2 is 1.90 bits per heavy atom. The second-order valence-electron chi connectivity index (χ2n) is 6.56. The van der Waals surface area contributed by atoms with Gasteiger partial charge in [0.15, 0.2) is 11.6 Å². The minimum absolute atomic E-state index is 0.104. The number of thioether (sulfide) groups is 1. The second-order valence-corrected chi connectivity index (χ2v) is 7.51. The summed E-state index contributed by atoms with van der Waals surface area (Å²) in [6, 6.07) is 15.3. The monoisotopic (exact) mass is 412 g/mol. The van der Waals surface area contributed by atoms with Gasteiger partial charge in [0.25, 0.3) is 0 Å². The number of ketones is 1. The molecule has 1 heterocycles. The molecule has 1 atom stereocenters. The summed E-state index contributed by atoms with van der Waals surface area (Å²) < 4.78 is 11.9. The highest BCUT2D eigenvalue weighted by Crippen LogP contribution is 2.27. The van der Waals surface area contributed by atoms with Crippen LogP contribution in [0.1, 0.15) is 34.6 Å². The lowest BCUT2D eigenvalue weighted by Gasteiger charge is -2.11. The van der Waals surface area contributed by atoms with E-state index >= 15 is 0 Å². The van der Waals surface area contributed by atoms with Crippen LogP contribution in [0.5, 0.6) is 11.5 Å². The summed E-state index contributed by atoms with van der Waals surface area (Å²) in [4.78, 5) is 12.7. The van der Waals surface area contributed by atoms with E-state index in [1.807, 2.05) is 18.2 Å². The van der Waals surface area contributed by atoms with Crippen LogP contribution in [0.25, 0.3) is 0 Å². The van der Waals surface area contributed by atoms with E-state index < -0.39 is 0 Å². The number of methoxy groups -OCH3 is 2. The van der Waals surface area contributed by atoms with E-state index in [9.17, 15) is 4.79 Å². The third kappa shape index (κ3) is 4.89. The van der Waals surface area contributed by atoms with Crippen LogP contribution >= 0.6 is 11.8 Å².